The zero-order valence-electron chi connectivity index (χ0n) is 14.2. The molecule has 1 aromatic heterocycles. The van der Waals surface area contributed by atoms with Gasteiger partial charge in [-0.15, -0.1) is 24.0 Å². The molecule has 8 heteroatoms. The molecule has 132 valence electrons. The fourth-order valence-electron chi connectivity index (χ4n) is 2.18. The summed E-state index contributed by atoms with van der Waals surface area (Å²) in [6.07, 6.45) is 1.50. The minimum absolute atomic E-state index is 0. The van der Waals surface area contributed by atoms with E-state index in [4.69, 9.17) is 4.74 Å². The van der Waals surface area contributed by atoms with E-state index < -0.39 is 0 Å². The van der Waals surface area contributed by atoms with Crippen molar-refractivity contribution in [1.29, 1.82) is 0 Å². The molecule has 24 heavy (non-hydrogen) atoms. The highest BCUT2D eigenvalue weighted by Crippen LogP contribution is 2.15. The molecule has 2 rings (SSSR count). The Labute approximate surface area is 159 Å². The highest BCUT2D eigenvalue weighted by molar-refractivity contribution is 14.0. The van der Waals surface area contributed by atoms with Crippen LogP contribution in [-0.4, -0.2) is 47.4 Å². The third kappa shape index (κ3) is 6.44. The van der Waals surface area contributed by atoms with Gasteiger partial charge in [0.1, 0.15) is 6.33 Å². The summed E-state index contributed by atoms with van der Waals surface area (Å²) in [5, 5.41) is 13.3. The van der Waals surface area contributed by atoms with E-state index in [0.717, 1.165) is 29.5 Å². The van der Waals surface area contributed by atoms with Crippen LogP contribution in [0.5, 0.6) is 0 Å². The van der Waals surface area contributed by atoms with Crippen LogP contribution in [0.4, 0.5) is 0 Å². The number of benzene rings is 1. The number of nitrogens with zero attached hydrogens (tertiary/aromatic N) is 3. The minimum atomic E-state index is 0. The van der Waals surface area contributed by atoms with Gasteiger partial charge in [-0.3, -0.25) is 5.10 Å². The molecule has 0 saturated carbocycles. The second kappa shape index (κ2) is 11.0. The van der Waals surface area contributed by atoms with Gasteiger partial charge in [-0.1, -0.05) is 18.2 Å². The molecule has 0 amide bonds. The van der Waals surface area contributed by atoms with Crippen molar-refractivity contribution in [3.63, 3.8) is 0 Å². The quantitative estimate of drug-likeness (QED) is 0.346. The zero-order chi connectivity index (χ0) is 16.5. The van der Waals surface area contributed by atoms with Crippen molar-refractivity contribution in [1.82, 2.24) is 25.8 Å². The second-order valence-electron chi connectivity index (χ2n) is 5.23. The average molecular weight is 444 g/mol. The Morgan fingerprint density at radius 1 is 1.42 bits per heavy atom. The molecule has 0 fully saturated rings. The van der Waals surface area contributed by atoms with Crippen LogP contribution in [0.1, 0.15) is 19.4 Å². The van der Waals surface area contributed by atoms with Gasteiger partial charge >= 0.3 is 0 Å². The van der Waals surface area contributed by atoms with Crippen LogP contribution in [0.25, 0.3) is 11.4 Å². The Balaban J connectivity index is 0.00000288. The predicted octanol–water partition coefficient (Wildman–Crippen LogP) is 2.18. The molecule has 7 nitrogen and oxygen atoms in total. The van der Waals surface area contributed by atoms with Crippen LogP contribution in [0.15, 0.2) is 35.6 Å². The number of aromatic nitrogens is 3. The van der Waals surface area contributed by atoms with Gasteiger partial charge in [-0.2, -0.15) is 5.10 Å². The maximum atomic E-state index is 5.14. The lowest BCUT2D eigenvalue weighted by Crippen LogP contribution is -2.43. The van der Waals surface area contributed by atoms with Gasteiger partial charge < -0.3 is 15.4 Å². The SMILES string of the molecule is CCNC(=NCc1cccc(-c2ncn[nH]2)c1)NC(C)COC.I. The fraction of sp³-hybridized carbons (Fsp3) is 0.438. The molecular formula is C16H25IN6O. The standard InChI is InChI=1S/C16H24N6O.HI/c1-4-17-16(21-12(2)10-23-3)18-9-13-6-5-7-14(8-13)15-19-11-20-22-15;/h5-8,11-12H,4,9-10H2,1-3H3,(H2,17,18,21)(H,19,20,22);1H. The van der Waals surface area contributed by atoms with E-state index in [9.17, 15) is 0 Å². The van der Waals surface area contributed by atoms with E-state index in [0.29, 0.717) is 13.2 Å². The number of rotatable bonds is 7. The van der Waals surface area contributed by atoms with Crippen LogP contribution in [0, 0.1) is 0 Å². The number of aliphatic imine (C=N–C) groups is 1. The largest absolute Gasteiger partial charge is 0.383 e. The lowest BCUT2D eigenvalue weighted by atomic mass is 10.1. The molecule has 0 saturated heterocycles. The summed E-state index contributed by atoms with van der Waals surface area (Å²) in [6.45, 7) is 6.12. The maximum Gasteiger partial charge on any atom is 0.191 e. The average Bonchev–Trinajstić information content (AvgIpc) is 3.08. The van der Waals surface area contributed by atoms with E-state index >= 15 is 0 Å². The number of methoxy groups -OCH3 is 1. The van der Waals surface area contributed by atoms with Crippen molar-refractivity contribution >= 4 is 29.9 Å². The summed E-state index contributed by atoms with van der Waals surface area (Å²) in [6, 6.07) is 8.30. The molecule has 0 aliphatic rings. The van der Waals surface area contributed by atoms with Crippen LogP contribution in [-0.2, 0) is 11.3 Å². The summed E-state index contributed by atoms with van der Waals surface area (Å²) in [7, 11) is 1.69. The molecule has 0 radical (unpaired) electrons. The smallest absolute Gasteiger partial charge is 0.191 e. The number of nitrogens with one attached hydrogen (secondary N) is 3. The topological polar surface area (TPSA) is 87.2 Å². The van der Waals surface area contributed by atoms with Gasteiger partial charge in [-0.25, -0.2) is 9.98 Å². The highest BCUT2D eigenvalue weighted by Gasteiger charge is 2.05. The minimum Gasteiger partial charge on any atom is -0.383 e. The number of aromatic amines is 1. The van der Waals surface area contributed by atoms with Gasteiger partial charge in [0.25, 0.3) is 0 Å². The Bertz CT molecular complexity index is 617. The van der Waals surface area contributed by atoms with Crippen molar-refractivity contribution in [3.05, 3.63) is 36.2 Å². The number of hydrogen-bond acceptors (Lipinski definition) is 4. The summed E-state index contributed by atoms with van der Waals surface area (Å²) in [5.74, 6) is 1.54. The van der Waals surface area contributed by atoms with Crippen LogP contribution >= 0.6 is 24.0 Å². The van der Waals surface area contributed by atoms with Crippen molar-refractivity contribution in [2.24, 2.45) is 4.99 Å². The Morgan fingerprint density at radius 2 is 2.25 bits per heavy atom. The Hall–Kier alpha value is -1.68. The molecule has 1 heterocycles. The van der Waals surface area contributed by atoms with Gasteiger partial charge in [0.2, 0.25) is 0 Å². The lowest BCUT2D eigenvalue weighted by molar-refractivity contribution is 0.179. The van der Waals surface area contributed by atoms with Crippen molar-refractivity contribution in [3.8, 4) is 11.4 Å². The van der Waals surface area contributed by atoms with Gasteiger partial charge in [0.05, 0.1) is 13.2 Å². The third-order valence-electron chi connectivity index (χ3n) is 3.18. The molecular weight excluding hydrogens is 419 g/mol. The predicted molar refractivity (Wildman–Crippen MR) is 107 cm³/mol. The molecule has 0 bridgehead atoms. The Kier molecular flexibility index (Phi) is 9.31. The van der Waals surface area contributed by atoms with Gasteiger partial charge in [-0.05, 0) is 25.5 Å². The normalized spacial score (nSPS) is 12.4. The van der Waals surface area contributed by atoms with E-state index in [1.807, 2.05) is 25.1 Å². The molecule has 0 aliphatic carbocycles. The number of hydrogen-bond donors (Lipinski definition) is 3. The molecule has 3 N–H and O–H groups in total. The summed E-state index contributed by atoms with van der Waals surface area (Å²) in [5.41, 5.74) is 2.11. The molecule has 0 aliphatic heterocycles. The summed E-state index contributed by atoms with van der Waals surface area (Å²) in [4.78, 5) is 8.79. The van der Waals surface area contributed by atoms with Crippen molar-refractivity contribution in [2.75, 3.05) is 20.3 Å². The van der Waals surface area contributed by atoms with Crippen LogP contribution in [0.2, 0.25) is 0 Å². The zero-order valence-corrected chi connectivity index (χ0v) is 16.6. The third-order valence-corrected chi connectivity index (χ3v) is 3.18. The highest BCUT2D eigenvalue weighted by atomic mass is 127. The summed E-state index contributed by atoms with van der Waals surface area (Å²) >= 11 is 0. The van der Waals surface area contributed by atoms with Crippen molar-refractivity contribution < 1.29 is 4.74 Å². The second-order valence-corrected chi connectivity index (χ2v) is 5.23. The molecule has 1 atom stereocenters. The fourth-order valence-corrected chi connectivity index (χ4v) is 2.18. The van der Waals surface area contributed by atoms with Gasteiger partial charge in [0.15, 0.2) is 11.8 Å². The summed E-state index contributed by atoms with van der Waals surface area (Å²) < 4.78 is 5.14. The number of halogens is 1. The monoisotopic (exact) mass is 444 g/mol. The number of H-pyrrole nitrogens is 1. The molecule has 1 unspecified atom stereocenters. The van der Waals surface area contributed by atoms with E-state index in [1.165, 1.54) is 6.33 Å². The van der Waals surface area contributed by atoms with E-state index in [-0.39, 0.29) is 30.0 Å². The van der Waals surface area contributed by atoms with E-state index in [2.05, 4.69) is 43.8 Å². The first kappa shape index (κ1) is 20.4. The lowest BCUT2D eigenvalue weighted by Gasteiger charge is -2.17. The maximum absolute atomic E-state index is 5.14. The molecule has 1 aromatic carbocycles. The molecule has 2 aromatic rings. The molecule has 0 spiro atoms. The first-order valence-electron chi connectivity index (χ1n) is 7.71. The Morgan fingerprint density at radius 3 is 2.92 bits per heavy atom. The van der Waals surface area contributed by atoms with Crippen LogP contribution < -0.4 is 10.6 Å². The van der Waals surface area contributed by atoms with Gasteiger partial charge in [0, 0.05) is 25.3 Å². The number of guanidine groups is 1. The number of ether oxygens (including phenoxy) is 1. The first-order valence-corrected chi connectivity index (χ1v) is 7.71. The first-order chi connectivity index (χ1) is 11.2. The van der Waals surface area contributed by atoms with Crippen molar-refractivity contribution in [2.45, 2.75) is 26.4 Å². The van der Waals surface area contributed by atoms with Crippen LogP contribution in [0.3, 0.4) is 0 Å². The van der Waals surface area contributed by atoms with E-state index in [1.54, 1.807) is 7.11 Å².